The maximum absolute atomic E-state index is 13.4. The van der Waals surface area contributed by atoms with Crippen LogP contribution in [0.25, 0.3) is 0 Å². The van der Waals surface area contributed by atoms with Crippen molar-refractivity contribution in [2.75, 3.05) is 13.7 Å². The quantitative estimate of drug-likeness (QED) is 0.770. The smallest absolute Gasteiger partial charge is 0.417 e. The van der Waals surface area contributed by atoms with Gasteiger partial charge in [-0.1, -0.05) is 30.3 Å². The Kier molecular flexibility index (Phi) is 5.50. The lowest BCUT2D eigenvalue weighted by molar-refractivity contribution is -0.136. The van der Waals surface area contributed by atoms with Crippen LogP contribution in [0.3, 0.4) is 0 Å². The van der Waals surface area contributed by atoms with Crippen molar-refractivity contribution in [2.45, 2.75) is 45.6 Å². The zero-order chi connectivity index (χ0) is 21.3. The van der Waals surface area contributed by atoms with Crippen LogP contribution in [-0.4, -0.2) is 42.1 Å². The third kappa shape index (κ3) is 4.04. The minimum Gasteiger partial charge on any atom is -0.466 e. The molecule has 0 saturated carbocycles. The van der Waals surface area contributed by atoms with Gasteiger partial charge in [0.05, 0.1) is 18.6 Å². The number of allylic oxidation sites excluding steroid dienone is 1. The summed E-state index contributed by atoms with van der Waals surface area (Å²) in [6.07, 6.45) is -0.234. The number of nitrogens with one attached hydrogen (secondary N) is 1. The van der Waals surface area contributed by atoms with E-state index < -0.39 is 29.5 Å². The molecule has 1 atom stereocenters. The van der Waals surface area contributed by atoms with Crippen LogP contribution in [0.2, 0.25) is 0 Å². The summed E-state index contributed by atoms with van der Waals surface area (Å²) in [7, 11) is 1.31. The number of carbonyl (C=O) groups is 3. The van der Waals surface area contributed by atoms with Crippen molar-refractivity contribution in [3.8, 4) is 0 Å². The van der Waals surface area contributed by atoms with Crippen molar-refractivity contribution in [3.63, 3.8) is 0 Å². The molecule has 2 heterocycles. The lowest BCUT2D eigenvalue weighted by atomic mass is 9.78. The Morgan fingerprint density at radius 3 is 2.41 bits per heavy atom. The van der Waals surface area contributed by atoms with E-state index >= 15 is 0 Å². The van der Waals surface area contributed by atoms with Gasteiger partial charge in [0.15, 0.2) is 0 Å². The maximum atomic E-state index is 13.4. The Morgan fingerprint density at radius 2 is 1.83 bits per heavy atom. The second kappa shape index (κ2) is 7.73. The first-order valence-electron chi connectivity index (χ1n) is 9.53. The van der Waals surface area contributed by atoms with Crippen LogP contribution >= 0.6 is 0 Å². The monoisotopic (exact) mass is 398 g/mol. The van der Waals surface area contributed by atoms with Crippen molar-refractivity contribution in [1.82, 2.24) is 10.2 Å². The van der Waals surface area contributed by atoms with Crippen LogP contribution in [0.15, 0.2) is 52.9 Å². The Bertz CT molecular complexity index is 909. The second-order valence-electron chi connectivity index (χ2n) is 8.08. The topological polar surface area (TPSA) is 84.9 Å². The molecule has 2 aliphatic rings. The number of esters is 1. The highest BCUT2D eigenvalue weighted by Gasteiger charge is 2.43. The van der Waals surface area contributed by atoms with E-state index in [0.717, 1.165) is 10.5 Å². The van der Waals surface area contributed by atoms with E-state index in [9.17, 15) is 14.4 Å². The minimum absolute atomic E-state index is 0.210. The molecule has 0 fully saturated rings. The largest absolute Gasteiger partial charge is 0.466 e. The van der Waals surface area contributed by atoms with E-state index in [1.54, 1.807) is 27.7 Å². The first-order chi connectivity index (χ1) is 13.6. The highest BCUT2D eigenvalue weighted by Crippen LogP contribution is 2.41. The summed E-state index contributed by atoms with van der Waals surface area (Å²) in [4.78, 5) is 39.7. The molecule has 0 spiro atoms. The average Bonchev–Trinajstić information content (AvgIpc) is 2.66. The van der Waals surface area contributed by atoms with Gasteiger partial charge in [-0.15, -0.1) is 0 Å². The second-order valence-corrected chi connectivity index (χ2v) is 8.08. The van der Waals surface area contributed by atoms with Crippen molar-refractivity contribution < 1.29 is 23.9 Å². The summed E-state index contributed by atoms with van der Waals surface area (Å²) >= 11 is 0. The van der Waals surface area contributed by atoms with Crippen molar-refractivity contribution in [2.24, 2.45) is 0 Å². The molecule has 1 aromatic rings. The molecule has 0 radical (unpaired) electrons. The van der Waals surface area contributed by atoms with Gasteiger partial charge in [-0.25, -0.2) is 14.5 Å². The minimum atomic E-state index is -0.719. The number of hydrogen-bond donors (Lipinski definition) is 1. The van der Waals surface area contributed by atoms with E-state index in [0.29, 0.717) is 29.0 Å². The zero-order valence-corrected chi connectivity index (χ0v) is 17.4. The standard InChI is InChI=1S/C22H26N2O5/c1-13-16(20(26)28-5)17(14-9-7-6-8-10-14)18-15(23-13)11-12-24(19(18)25)21(27)29-22(2,3)4/h6-10,17,23H,11-12H2,1-5H3. The fraction of sp³-hybridized carbons (Fsp3) is 0.409. The highest BCUT2D eigenvalue weighted by atomic mass is 16.6. The molecule has 7 heteroatoms. The summed E-state index contributed by atoms with van der Waals surface area (Å²) < 4.78 is 10.4. The molecule has 7 nitrogen and oxygen atoms in total. The molecular formula is C22H26N2O5. The molecule has 0 aliphatic carbocycles. The number of ether oxygens (including phenoxy) is 2. The SMILES string of the molecule is COC(=O)C1=C(C)NC2=C(C(=O)N(C(=O)OC(C)(C)C)CC2)C1c1ccccc1. The number of dihydropyridines is 1. The predicted molar refractivity (Wildman–Crippen MR) is 107 cm³/mol. The number of amides is 2. The molecule has 0 saturated heterocycles. The normalized spacial score (nSPS) is 19.6. The van der Waals surface area contributed by atoms with E-state index in [2.05, 4.69) is 5.32 Å². The lowest BCUT2D eigenvalue weighted by Crippen LogP contribution is -2.48. The van der Waals surface area contributed by atoms with Gasteiger partial charge >= 0.3 is 12.1 Å². The first-order valence-corrected chi connectivity index (χ1v) is 9.53. The van der Waals surface area contributed by atoms with E-state index in [-0.39, 0.29) is 6.54 Å². The van der Waals surface area contributed by atoms with Crippen LogP contribution in [0.5, 0.6) is 0 Å². The van der Waals surface area contributed by atoms with Gasteiger partial charge in [-0.2, -0.15) is 0 Å². The number of nitrogens with zero attached hydrogens (tertiary/aromatic N) is 1. The van der Waals surface area contributed by atoms with E-state index in [4.69, 9.17) is 9.47 Å². The van der Waals surface area contributed by atoms with Gasteiger partial charge in [0.1, 0.15) is 5.60 Å². The molecular weight excluding hydrogens is 372 g/mol. The number of rotatable bonds is 2. The number of benzene rings is 1. The van der Waals surface area contributed by atoms with Gasteiger partial charge in [0.2, 0.25) is 0 Å². The molecule has 0 aromatic heterocycles. The summed E-state index contributed by atoms with van der Waals surface area (Å²) in [5.74, 6) is -1.61. The number of methoxy groups -OCH3 is 1. The Labute approximate surface area is 170 Å². The number of hydrogen-bond acceptors (Lipinski definition) is 6. The molecule has 1 unspecified atom stereocenters. The Balaban J connectivity index is 2.07. The first kappa shape index (κ1) is 20.6. The molecule has 0 bridgehead atoms. The molecule has 154 valence electrons. The summed E-state index contributed by atoms with van der Waals surface area (Å²) in [6, 6.07) is 9.28. The Hall–Kier alpha value is -3.09. The fourth-order valence-corrected chi connectivity index (χ4v) is 3.67. The van der Waals surface area contributed by atoms with Gasteiger partial charge in [0, 0.05) is 29.9 Å². The van der Waals surface area contributed by atoms with Crippen molar-refractivity contribution >= 4 is 18.0 Å². The van der Waals surface area contributed by atoms with Crippen LogP contribution in [-0.2, 0) is 19.1 Å². The summed E-state index contributed by atoms with van der Waals surface area (Å²) in [5.41, 5.74) is 2.15. The van der Waals surface area contributed by atoms with E-state index in [1.165, 1.54) is 7.11 Å². The molecule has 3 rings (SSSR count). The molecule has 2 aliphatic heterocycles. The van der Waals surface area contributed by atoms with Crippen LogP contribution < -0.4 is 5.32 Å². The van der Waals surface area contributed by atoms with E-state index in [1.807, 2.05) is 30.3 Å². The number of carbonyl (C=O) groups excluding carboxylic acids is 3. The summed E-state index contributed by atoms with van der Waals surface area (Å²) in [6.45, 7) is 7.25. The third-order valence-corrected chi connectivity index (χ3v) is 4.86. The Morgan fingerprint density at radius 1 is 1.17 bits per heavy atom. The van der Waals surface area contributed by atoms with Gasteiger partial charge in [-0.05, 0) is 33.3 Å². The highest BCUT2D eigenvalue weighted by molar-refractivity contribution is 6.07. The predicted octanol–water partition coefficient (Wildman–Crippen LogP) is 3.24. The summed E-state index contributed by atoms with van der Waals surface area (Å²) in [5, 5.41) is 3.18. The zero-order valence-electron chi connectivity index (χ0n) is 17.4. The van der Waals surface area contributed by atoms with Gasteiger partial charge in [0.25, 0.3) is 5.91 Å². The number of imide groups is 1. The van der Waals surface area contributed by atoms with Crippen LogP contribution in [0.4, 0.5) is 4.79 Å². The van der Waals surface area contributed by atoms with Gasteiger partial charge < -0.3 is 14.8 Å². The maximum Gasteiger partial charge on any atom is 0.417 e. The molecule has 1 aromatic carbocycles. The average molecular weight is 398 g/mol. The molecule has 1 N–H and O–H groups in total. The van der Waals surface area contributed by atoms with Crippen molar-refractivity contribution in [3.05, 3.63) is 58.4 Å². The van der Waals surface area contributed by atoms with Crippen molar-refractivity contribution in [1.29, 1.82) is 0 Å². The lowest BCUT2D eigenvalue weighted by Gasteiger charge is -2.37. The molecule has 29 heavy (non-hydrogen) atoms. The van der Waals surface area contributed by atoms with Crippen LogP contribution in [0.1, 0.15) is 45.6 Å². The van der Waals surface area contributed by atoms with Crippen LogP contribution in [0, 0.1) is 0 Å². The third-order valence-electron chi connectivity index (χ3n) is 4.86. The van der Waals surface area contributed by atoms with Gasteiger partial charge in [-0.3, -0.25) is 4.79 Å². The molecule has 2 amide bonds. The fourth-order valence-electron chi connectivity index (χ4n) is 3.67.